The Balaban J connectivity index is 2.07. The molecule has 1 fully saturated rings. The van der Waals surface area contributed by atoms with E-state index in [-0.39, 0.29) is 11.3 Å². The molecule has 158 valence electrons. The topological polar surface area (TPSA) is 76.1 Å². The second kappa shape index (κ2) is 9.91. The molecule has 0 unspecified atom stereocenters. The molecule has 1 N–H and O–H groups in total. The largest absolute Gasteiger partial charge is 0.507 e. The van der Waals surface area contributed by atoms with E-state index in [9.17, 15) is 14.7 Å². The van der Waals surface area contributed by atoms with Crippen molar-refractivity contribution in [3.8, 4) is 5.75 Å². The van der Waals surface area contributed by atoms with Gasteiger partial charge in [0.15, 0.2) is 0 Å². The van der Waals surface area contributed by atoms with Gasteiger partial charge >= 0.3 is 0 Å². The van der Waals surface area contributed by atoms with E-state index in [4.69, 9.17) is 9.47 Å². The van der Waals surface area contributed by atoms with Gasteiger partial charge in [0.05, 0.1) is 18.2 Å². The molecule has 0 radical (unpaired) electrons. The van der Waals surface area contributed by atoms with E-state index in [1.165, 1.54) is 4.90 Å². The Bertz CT molecular complexity index is 954. The maximum atomic E-state index is 12.9. The Hall–Kier alpha value is -2.64. The van der Waals surface area contributed by atoms with Crippen LogP contribution in [0.1, 0.15) is 30.5 Å². The van der Waals surface area contributed by atoms with Crippen LogP contribution in [0.4, 0.5) is 0 Å². The zero-order valence-corrected chi connectivity index (χ0v) is 18.5. The summed E-state index contributed by atoms with van der Waals surface area (Å²) in [5.41, 5.74) is 1.28. The first-order valence-corrected chi connectivity index (χ1v) is 10.5. The van der Waals surface area contributed by atoms with Crippen molar-refractivity contribution < 1.29 is 24.2 Å². The molecule has 3 rings (SSSR count). The van der Waals surface area contributed by atoms with Crippen molar-refractivity contribution in [2.24, 2.45) is 0 Å². The monoisotopic (exact) mass is 473 g/mol. The van der Waals surface area contributed by atoms with Crippen molar-refractivity contribution in [2.45, 2.75) is 19.4 Å². The molecule has 6 nitrogen and oxygen atoms in total. The lowest BCUT2D eigenvalue weighted by atomic mass is 9.95. The van der Waals surface area contributed by atoms with Gasteiger partial charge in [0.2, 0.25) is 0 Å². The predicted octanol–water partition coefficient (Wildman–Crippen LogP) is 4.31. The second-order valence-electron chi connectivity index (χ2n) is 6.85. The van der Waals surface area contributed by atoms with E-state index in [0.29, 0.717) is 37.5 Å². The van der Waals surface area contributed by atoms with Crippen LogP contribution in [0.5, 0.6) is 5.75 Å². The van der Waals surface area contributed by atoms with Gasteiger partial charge in [-0.2, -0.15) is 0 Å². The number of methoxy groups -OCH3 is 1. The molecule has 1 atom stereocenters. The van der Waals surface area contributed by atoms with Crippen LogP contribution in [0.2, 0.25) is 0 Å². The molecule has 2 aromatic carbocycles. The first-order valence-electron chi connectivity index (χ1n) is 9.74. The number of aliphatic hydroxyl groups is 1. The van der Waals surface area contributed by atoms with Crippen molar-refractivity contribution in [3.63, 3.8) is 0 Å². The Labute approximate surface area is 184 Å². The fourth-order valence-electron chi connectivity index (χ4n) is 3.54. The lowest BCUT2D eigenvalue weighted by Gasteiger charge is -2.25. The number of hydrogen-bond donors (Lipinski definition) is 1. The van der Waals surface area contributed by atoms with Gasteiger partial charge in [0, 0.05) is 30.3 Å². The quantitative estimate of drug-likeness (QED) is 0.267. The maximum absolute atomic E-state index is 12.9. The number of carbonyl (C=O) groups excluding carboxylic acids is 2. The molecule has 0 saturated carbocycles. The minimum absolute atomic E-state index is 0.0830. The summed E-state index contributed by atoms with van der Waals surface area (Å²) in [6.45, 7) is 3.22. The number of halogens is 1. The molecule has 1 heterocycles. The predicted molar refractivity (Wildman–Crippen MR) is 117 cm³/mol. The third kappa shape index (κ3) is 4.57. The average molecular weight is 474 g/mol. The standard InChI is InChI=1S/C23H24BrNO5/c1-3-30-18-10-8-15(9-11-18)21(26)19-20(16-6-4-7-17(24)14-16)25(12-5-13-29-2)23(28)22(19)27/h4,6-11,14,20,26H,3,5,12-13H2,1-2H3/t20-/m1/s1. The number of ketones is 1. The van der Waals surface area contributed by atoms with Crippen molar-refractivity contribution in [2.75, 3.05) is 26.9 Å². The Morgan fingerprint density at radius 3 is 2.53 bits per heavy atom. The summed E-state index contributed by atoms with van der Waals surface area (Å²) in [6.07, 6.45) is 0.580. The van der Waals surface area contributed by atoms with Gasteiger partial charge in [-0.1, -0.05) is 28.1 Å². The van der Waals surface area contributed by atoms with E-state index < -0.39 is 17.7 Å². The van der Waals surface area contributed by atoms with Gasteiger partial charge in [-0.15, -0.1) is 0 Å². The highest BCUT2D eigenvalue weighted by Gasteiger charge is 2.45. The molecule has 1 aliphatic rings. The molecule has 2 aromatic rings. The highest BCUT2D eigenvalue weighted by molar-refractivity contribution is 9.10. The van der Waals surface area contributed by atoms with Crippen molar-refractivity contribution in [1.82, 2.24) is 4.90 Å². The minimum Gasteiger partial charge on any atom is -0.507 e. The summed E-state index contributed by atoms with van der Waals surface area (Å²) in [4.78, 5) is 27.2. The number of likely N-dealkylation sites (tertiary alicyclic amines) is 1. The molecular weight excluding hydrogens is 450 g/mol. The first kappa shape index (κ1) is 22.1. The molecular formula is C23H24BrNO5. The van der Waals surface area contributed by atoms with Gasteiger partial charge in [-0.3, -0.25) is 9.59 Å². The zero-order chi connectivity index (χ0) is 21.7. The number of hydrogen-bond acceptors (Lipinski definition) is 5. The number of rotatable bonds is 8. The summed E-state index contributed by atoms with van der Waals surface area (Å²) in [6, 6.07) is 13.5. The summed E-state index contributed by atoms with van der Waals surface area (Å²) in [5.74, 6) is -0.847. The maximum Gasteiger partial charge on any atom is 0.295 e. The van der Waals surface area contributed by atoms with Crippen LogP contribution in [0.15, 0.2) is 58.6 Å². The van der Waals surface area contributed by atoms with E-state index in [1.807, 2.05) is 31.2 Å². The minimum atomic E-state index is -0.691. The highest BCUT2D eigenvalue weighted by Crippen LogP contribution is 2.40. The highest BCUT2D eigenvalue weighted by atomic mass is 79.9. The molecule has 1 aliphatic heterocycles. The van der Waals surface area contributed by atoms with Crippen LogP contribution in [-0.2, 0) is 14.3 Å². The van der Waals surface area contributed by atoms with Crippen LogP contribution >= 0.6 is 15.9 Å². The molecule has 30 heavy (non-hydrogen) atoms. The lowest BCUT2D eigenvalue weighted by molar-refractivity contribution is -0.140. The van der Waals surface area contributed by atoms with Crippen molar-refractivity contribution >= 4 is 33.4 Å². The number of Topliss-reactive ketones (excluding diaryl/α,β-unsaturated/α-hetero) is 1. The van der Waals surface area contributed by atoms with Gasteiger partial charge in [-0.05, 0) is 55.3 Å². The molecule has 1 amide bonds. The van der Waals surface area contributed by atoms with Crippen LogP contribution in [0.3, 0.4) is 0 Å². The molecule has 0 aromatic heterocycles. The SMILES string of the molecule is CCOc1ccc(C(O)=C2C(=O)C(=O)N(CCCOC)[C@@H]2c2cccc(Br)c2)cc1. The second-order valence-corrected chi connectivity index (χ2v) is 7.77. The summed E-state index contributed by atoms with van der Waals surface area (Å²) < 4.78 is 11.4. The van der Waals surface area contributed by atoms with E-state index in [2.05, 4.69) is 15.9 Å². The van der Waals surface area contributed by atoms with Gasteiger partial charge in [0.1, 0.15) is 11.5 Å². The molecule has 0 aliphatic carbocycles. The van der Waals surface area contributed by atoms with Crippen LogP contribution in [-0.4, -0.2) is 48.6 Å². The summed E-state index contributed by atoms with van der Waals surface area (Å²) >= 11 is 3.45. The number of aliphatic hydroxyl groups excluding tert-OH is 1. The smallest absolute Gasteiger partial charge is 0.295 e. The third-order valence-electron chi connectivity index (χ3n) is 4.89. The van der Waals surface area contributed by atoms with E-state index in [1.54, 1.807) is 31.4 Å². The average Bonchev–Trinajstić information content (AvgIpc) is 2.99. The Morgan fingerprint density at radius 2 is 1.90 bits per heavy atom. The number of ether oxygens (including phenoxy) is 2. The summed E-state index contributed by atoms with van der Waals surface area (Å²) in [5, 5.41) is 11.0. The van der Waals surface area contributed by atoms with E-state index in [0.717, 1.165) is 10.0 Å². The van der Waals surface area contributed by atoms with Crippen LogP contribution in [0, 0.1) is 0 Å². The van der Waals surface area contributed by atoms with Crippen LogP contribution in [0.25, 0.3) is 5.76 Å². The summed E-state index contributed by atoms with van der Waals surface area (Å²) in [7, 11) is 1.59. The lowest BCUT2D eigenvalue weighted by Crippen LogP contribution is -2.31. The van der Waals surface area contributed by atoms with Gasteiger partial charge in [0.25, 0.3) is 11.7 Å². The van der Waals surface area contributed by atoms with Gasteiger partial charge in [-0.25, -0.2) is 0 Å². The molecule has 0 bridgehead atoms. The third-order valence-corrected chi connectivity index (χ3v) is 5.38. The molecule has 7 heteroatoms. The molecule has 1 saturated heterocycles. The Morgan fingerprint density at radius 1 is 1.17 bits per heavy atom. The van der Waals surface area contributed by atoms with Crippen molar-refractivity contribution in [1.29, 1.82) is 0 Å². The Kier molecular flexibility index (Phi) is 7.29. The number of nitrogens with zero attached hydrogens (tertiary/aromatic N) is 1. The number of amides is 1. The van der Waals surface area contributed by atoms with Crippen LogP contribution < -0.4 is 4.74 Å². The normalized spacial score (nSPS) is 18.1. The zero-order valence-electron chi connectivity index (χ0n) is 16.9. The van der Waals surface area contributed by atoms with Gasteiger partial charge < -0.3 is 19.5 Å². The number of carbonyl (C=O) groups is 2. The number of benzene rings is 2. The first-order chi connectivity index (χ1) is 14.5. The molecule has 0 spiro atoms. The fraction of sp³-hybridized carbons (Fsp3) is 0.304. The van der Waals surface area contributed by atoms with Crippen molar-refractivity contribution in [3.05, 3.63) is 69.7 Å². The van der Waals surface area contributed by atoms with E-state index >= 15 is 0 Å². The fourth-order valence-corrected chi connectivity index (χ4v) is 3.96.